The molecule has 2 amide bonds. The lowest BCUT2D eigenvalue weighted by molar-refractivity contribution is -0.125. The fourth-order valence-electron chi connectivity index (χ4n) is 3.31. The van der Waals surface area contributed by atoms with Crippen LogP contribution in [0, 0.1) is 5.92 Å². The number of halogens is 2. The molecule has 1 aromatic rings. The highest BCUT2D eigenvalue weighted by Crippen LogP contribution is 2.32. The second-order valence-corrected chi connectivity index (χ2v) is 7.15. The summed E-state index contributed by atoms with van der Waals surface area (Å²) < 4.78 is 32.2. The lowest BCUT2D eigenvalue weighted by Crippen LogP contribution is -2.48. The molecule has 0 spiro atoms. The van der Waals surface area contributed by atoms with Gasteiger partial charge in [-0.2, -0.15) is 0 Å². The van der Waals surface area contributed by atoms with Gasteiger partial charge in [-0.15, -0.1) is 0 Å². The van der Waals surface area contributed by atoms with Gasteiger partial charge in [0.05, 0.1) is 12.6 Å². The van der Waals surface area contributed by atoms with Crippen LogP contribution in [0.3, 0.4) is 0 Å². The fourth-order valence-corrected chi connectivity index (χ4v) is 3.31. The number of alkyl halides is 2. The molecular formula is C19H26F2N4O3. The first kappa shape index (κ1) is 20.6. The third kappa shape index (κ3) is 4.84. The number of hydrogen-bond donors (Lipinski definition) is 3. The molecule has 2 aliphatic rings. The summed E-state index contributed by atoms with van der Waals surface area (Å²) >= 11 is 0. The lowest BCUT2D eigenvalue weighted by atomic mass is 9.85. The summed E-state index contributed by atoms with van der Waals surface area (Å²) in [7, 11) is 0. The number of hydrogen-bond acceptors (Lipinski definition) is 5. The summed E-state index contributed by atoms with van der Waals surface area (Å²) in [5.41, 5.74) is 5.73. The predicted molar refractivity (Wildman–Crippen MR) is 101 cm³/mol. The van der Waals surface area contributed by atoms with Gasteiger partial charge in [0.25, 0.3) is 12.3 Å². The van der Waals surface area contributed by atoms with E-state index >= 15 is 0 Å². The van der Waals surface area contributed by atoms with Crippen molar-refractivity contribution in [2.75, 3.05) is 43.1 Å². The van der Waals surface area contributed by atoms with Crippen LogP contribution in [-0.4, -0.2) is 50.7 Å². The monoisotopic (exact) mass is 396 g/mol. The summed E-state index contributed by atoms with van der Waals surface area (Å²) in [5, 5.41) is 5.67. The Bertz CT molecular complexity index is 712. The zero-order valence-electron chi connectivity index (χ0n) is 15.6. The minimum atomic E-state index is -2.80. The highest BCUT2D eigenvalue weighted by molar-refractivity contribution is 5.97. The van der Waals surface area contributed by atoms with Gasteiger partial charge in [-0.3, -0.25) is 9.59 Å². The molecule has 1 heterocycles. The van der Waals surface area contributed by atoms with Crippen LogP contribution in [0.5, 0.6) is 0 Å². The first-order valence-electron chi connectivity index (χ1n) is 9.54. The lowest BCUT2D eigenvalue weighted by Gasteiger charge is -2.28. The molecular weight excluding hydrogens is 370 g/mol. The van der Waals surface area contributed by atoms with E-state index in [1.54, 1.807) is 6.07 Å². The molecule has 0 bridgehead atoms. The Kier molecular flexibility index (Phi) is 6.93. The Morgan fingerprint density at radius 3 is 2.75 bits per heavy atom. The molecule has 0 unspecified atom stereocenters. The molecule has 9 heteroatoms. The van der Waals surface area contributed by atoms with Crippen LogP contribution in [0.1, 0.15) is 31.3 Å². The second-order valence-electron chi connectivity index (χ2n) is 7.15. The summed E-state index contributed by atoms with van der Waals surface area (Å²) in [5.74, 6) is -0.186. The third-order valence-corrected chi connectivity index (χ3v) is 5.26. The first-order chi connectivity index (χ1) is 13.5. The topological polar surface area (TPSA) is 96.7 Å². The van der Waals surface area contributed by atoms with Crippen LogP contribution >= 0.6 is 0 Å². The normalized spacial score (nSPS) is 18.9. The van der Waals surface area contributed by atoms with E-state index in [4.69, 9.17) is 10.5 Å². The number of nitrogens with zero attached hydrogens (tertiary/aromatic N) is 1. The van der Waals surface area contributed by atoms with Crippen LogP contribution in [0.4, 0.5) is 20.2 Å². The maximum absolute atomic E-state index is 13.6. The van der Waals surface area contributed by atoms with Gasteiger partial charge < -0.3 is 26.0 Å². The van der Waals surface area contributed by atoms with E-state index in [-0.39, 0.29) is 30.3 Å². The average Bonchev–Trinajstić information content (AvgIpc) is 2.64. The molecule has 1 aromatic carbocycles. The number of anilines is 2. The number of ether oxygens (including phenoxy) is 1. The summed E-state index contributed by atoms with van der Waals surface area (Å²) in [6, 6.07) is 3.54. The maximum atomic E-state index is 13.6. The van der Waals surface area contributed by atoms with Crippen molar-refractivity contribution in [3.05, 3.63) is 23.8 Å². The van der Waals surface area contributed by atoms with E-state index in [1.165, 1.54) is 23.5 Å². The van der Waals surface area contributed by atoms with Gasteiger partial charge in [-0.25, -0.2) is 8.78 Å². The Morgan fingerprint density at radius 1 is 1.36 bits per heavy atom. The number of morpholine rings is 1. The van der Waals surface area contributed by atoms with Crippen LogP contribution in [0.2, 0.25) is 0 Å². The molecule has 0 aromatic heterocycles. The van der Waals surface area contributed by atoms with E-state index in [1.807, 2.05) is 0 Å². The van der Waals surface area contributed by atoms with E-state index in [9.17, 15) is 18.4 Å². The van der Waals surface area contributed by atoms with Gasteiger partial charge in [0, 0.05) is 30.0 Å². The number of carbonyl (C=O) groups excluding carboxylic acids is 2. The molecule has 3 rings (SSSR count). The molecule has 7 nitrogen and oxygen atoms in total. The molecule has 154 valence electrons. The molecule has 1 atom stereocenters. The number of rotatable bonds is 8. The van der Waals surface area contributed by atoms with Crippen molar-refractivity contribution < 1.29 is 23.1 Å². The summed E-state index contributed by atoms with van der Waals surface area (Å²) in [6.45, 7) is 1.33. The quantitative estimate of drug-likeness (QED) is 0.621. The Hall–Kier alpha value is -2.10. The molecule has 0 radical (unpaired) electrons. The van der Waals surface area contributed by atoms with Crippen molar-refractivity contribution in [2.45, 2.75) is 31.7 Å². The van der Waals surface area contributed by atoms with Gasteiger partial charge >= 0.3 is 0 Å². The molecule has 1 saturated heterocycles. The van der Waals surface area contributed by atoms with Crippen molar-refractivity contribution in [2.24, 2.45) is 11.7 Å². The minimum Gasteiger partial charge on any atom is -0.370 e. The van der Waals surface area contributed by atoms with E-state index in [2.05, 4.69) is 10.6 Å². The van der Waals surface area contributed by atoms with Crippen molar-refractivity contribution in [1.82, 2.24) is 5.32 Å². The van der Waals surface area contributed by atoms with Gasteiger partial charge in [-0.1, -0.05) is 6.42 Å². The second kappa shape index (κ2) is 9.40. The number of benzene rings is 1. The molecule has 1 saturated carbocycles. The smallest absolute Gasteiger partial charge is 0.265 e. The SMILES string of the molecule is NC[C@H](NCC1CCC1)C(=O)Nc1ccc(N2CCOCC2=O)cc1C(F)F. The van der Waals surface area contributed by atoms with E-state index in [0.29, 0.717) is 31.3 Å². The number of amides is 2. The van der Waals surface area contributed by atoms with Crippen molar-refractivity contribution in [3.63, 3.8) is 0 Å². The Morgan fingerprint density at radius 2 is 2.14 bits per heavy atom. The highest BCUT2D eigenvalue weighted by Gasteiger charge is 2.25. The average molecular weight is 396 g/mol. The molecule has 2 fully saturated rings. The van der Waals surface area contributed by atoms with Crippen LogP contribution in [0.25, 0.3) is 0 Å². The van der Waals surface area contributed by atoms with Crippen LogP contribution in [-0.2, 0) is 14.3 Å². The van der Waals surface area contributed by atoms with Gasteiger partial charge in [-0.05, 0) is 43.5 Å². The van der Waals surface area contributed by atoms with Crippen LogP contribution in [0.15, 0.2) is 18.2 Å². The van der Waals surface area contributed by atoms with Gasteiger partial charge in [0.15, 0.2) is 0 Å². The summed E-state index contributed by atoms with van der Waals surface area (Å²) in [4.78, 5) is 25.8. The van der Waals surface area contributed by atoms with Crippen molar-refractivity contribution in [1.29, 1.82) is 0 Å². The Labute approximate surface area is 162 Å². The maximum Gasteiger partial charge on any atom is 0.265 e. The molecule has 28 heavy (non-hydrogen) atoms. The highest BCUT2D eigenvalue weighted by atomic mass is 19.3. The zero-order chi connectivity index (χ0) is 20.1. The third-order valence-electron chi connectivity index (χ3n) is 5.26. The molecule has 1 aliphatic heterocycles. The van der Waals surface area contributed by atoms with Crippen LogP contribution < -0.4 is 21.3 Å². The van der Waals surface area contributed by atoms with E-state index in [0.717, 1.165) is 12.8 Å². The zero-order valence-corrected chi connectivity index (χ0v) is 15.6. The molecule has 1 aliphatic carbocycles. The van der Waals surface area contributed by atoms with E-state index < -0.39 is 18.4 Å². The number of nitrogens with one attached hydrogen (secondary N) is 2. The number of carbonyl (C=O) groups is 2. The fraction of sp³-hybridized carbons (Fsp3) is 0.579. The van der Waals surface area contributed by atoms with Gasteiger partial charge in [0.1, 0.15) is 6.61 Å². The first-order valence-corrected chi connectivity index (χ1v) is 9.54. The largest absolute Gasteiger partial charge is 0.370 e. The molecule has 4 N–H and O–H groups in total. The predicted octanol–water partition coefficient (Wildman–Crippen LogP) is 1.64. The summed E-state index contributed by atoms with van der Waals surface area (Å²) in [6.07, 6.45) is 0.652. The van der Waals surface area contributed by atoms with Crippen molar-refractivity contribution >= 4 is 23.2 Å². The van der Waals surface area contributed by atoms with Crippen molar-refractivity contribution in [3.8, 4) is 0 Å². The minimum absolute atomic E-state index is 0.0216. The van der Waals surface area contributed by atoms with Gasteiger partial charge in [0.2, 0.25) is 5.91 Å². The number of nitrogens with two attached hydrogens (primary N) is 1. The standard InChI is InChI=1S/C19H26F2N4O3/c20-18(21)14-8-13(25-6-7-28-11-17(25)26)4-5-15(14)24-19(27)16(9-22)23-10-12-2-1-3-12/h4-5,8,12,16,18,23H,1-3,6-7,9-11,22H2,(H,24,27)/t16-/m0/s1. The Balaban J connectivity index is 1.70.